The maximum Gasteiger partial charge on any atom is 0.269 e. The molecule has 1 amide bonds. The van der Waals surface area contributed by atoms with Gasteiger partial charge in [0.25, 0.3) is 5.69 Å². The molecule has 126 valence electrons. The molecule has 0 unspecified atom stereocenters. The molecule has 0 saturated heterocycles. The lowest BCUT2D eigenvalue weighted by atomic mass is 10.1. The molecule has 1 N–H and O–H groups in total. The molecule has 0 heterocycles. The van der Waals surface area contributed by atoms with Crippen LogP contribution in [0.3, 0.4) is 0 Å². The number of benzene rings is 2. The topological polar surface area (TPSA) is 75.5 Å². The Balaban J connectivity index is 1.94. The molecular weight excluding hydrogens is 313 g/mol. The number of aryl methyl sites for hydroxylation is 1. The van der Waals surface area contributed by atoms with Crippen LogP contribution in [0.1, 0.15) is 11.1 Å². The summed E-state index contributed by atoms with van der Waals surface area (Å²) in [6, 6.07) is 10.5. The molecule has 0 radical (unpaired) electrons. The van der Waals surface area contributed by atoms with Gasteiger partial charge in [-0.3, -0.25) is 19.8 Å². The second-order valence-electron chi connectivity index (χ2n) is 5.61. The summed E-state index contributed by atoms with van der Waals surface area (Å²) in [5, 5.41) is 13.4. The summed E-state index contributed by atoms with van der Waals surface area (Å²) in [4.78, 5) is 24.1. The monoisotopic (exact) mass is 331 g/mol. The summed E-state index contributed by atoms with van der Waals surface area (Å²) >= 11 is 0. The molecule has 2 aromatic rings. The van der Waals surface area contributed by atoms with Gasteiger partial charge >= 0.3 is 0 Å². The number of halogens is 1. The summed E-state index contributed by atoms with van der Waals surface area (Å²) in [6.07, 6.45) is 0. The average molecular weight is 331 g/mol. The third-order valence-corrected chi connectivity index (χ3v) is 3.45. The fraction of sp³-hybridized carbons (Fsp3) is 0.235. The second kappa shape index (κ2) is 7.65. The van der Waals surface area contributed by atoms with Crippen molar-refractivity contribution in [2.75, 3.05) is 18.9 Å². The molecule has 24 heavy (non-hydrogen) atoms. The van der Waals surface area contributed by atoms with Crippen molar-refractivity contribution >= 4 is 17.3 Å². The van der Waals surface area contributed by atoms with Gasteiger partial charge in [0, 0.05) is 24.4 Å². The molecule has 6 nitrogen and oxygen atoms in total. The van der Waals surface area contributed by atoms with E-state index in [2.05, 4.69) is 5.32 Å². The van der Waals surface area contributed by atoms with Gasteiger partial charge in [-0.15, -0.1) is 0 Å². The van der Waals surface area contributed by atoms with Crippen molar-refractivity contribution in [3.05, 3.63) is 69.5 Å². The van der Waals surface area contributed by atoms with Crippen molar-refractivity contribution in [2.45, 2.75) is 13.5 Å². The molecular formula is C17H18FN3O3. The summed E-state index contributed by atoms with van der Waals surface area (Å²) in [5.74, 6) is -0.558. The Morgan fingerprint density at radius 1 is 1.29 bits per heavy atom. The first-order valence-electron chi connectivity index (χ1n) is 7.33. The zero-order valence-corrected chi connectivity index (χ0v) is 13.5. The number of nitro groups is 1. The number of anilines is 1. The first kappa shape index (κ1) is 17.6. The highest BCUT2D eigenvalue weighted by Crippen LogP contribution is 2.21. The minimum absolute atomic E-state index is 0.0197. The summed E-state index contributed by atoms with van der Waals surface area (Å²) < 4.78 is 13.2. The van der Waals surface area contributed by atoms with E-state index in [0.717, 1.165) is 5.56 Å². The fourth-order valence-electron chi connectivity index (χ4n) is 2.34. The Hall–Kier alpha value is -2.80. The van der Waals surface area contributed by atoms with Crippen molar-refractivity contribution in [1.29, 1.82) is 0 Å². The number of hydrogen-bond acceptors (Lipinski definition) is 4. The number of carbonyl (C=O) groups excluding carboxylic acids is 1. The molecule has 0 bridgehead atoms. The van der Waals surface area contributed by atoms with Crippen molar-refractivity contribution in [3.8, 4) is 0 Å². The smallest absolute Gasteiger partial charge is 0.269 e. The average Bonchev–Trinajstić information content (AvgIpc) is 2.48. The molecule has 0 aliphatic heterocycles. The zero-order valence-electron chi connectivity index (χ0n) is 13.5. The summed E-state index contributed by atoms with van der Waals surface area (Å²) in [6.45, 7) is 2.25. The minimum atomic E-state index is -0.481. The number of nitro benzene ring substituents is 1. The van der Waals surface area contributed by atoms with E-state index < -0.39 is 4.92 Å². The first-order valence-corrected chi connectivity index (χ1v) is 7.33. The quantitative estimate of drug-likeness (QED) is 0.652. The van der Waals surface area contributed by atoms with Gasteiger partial charge in [0.1, 0.15) is 5.82 Å². The molecule has 2 rings (SSSR count). The van der Waals surface area contributed by atoms with Gasteiger partial charge in [-0.2, -0.15) is 0 Å². The van der Waals surface area contributed by atoms with E-state index in [9.17, 15) is 19.3 Å². The van der Waals surface area contributed by atoms with E-state index in [0.29, 0.717) is 17.8 Å². The van der Waals surface area contributed by atoms with Crippen LogP contribution in [0.15, 0.2) is 42.5 Å². The predicted octanol–water partition coefficient (Wildman–Crippen LogP) is 3.11. The zero-order chi connectivity index (χ0) is 17.7. The number of non-ortho nitro benzene ring substituents is 1. The number of carbonyl (C=O) groups is 1. The van der Waals surface area contributed by atoms with Crippen molar-refractivity contribution in [2.24, 2.45) is 0 Å². The molecule has 0 atom stereocenters. The number of rotatable bonds is 6. The SMILES string of the molecule is Cc1cc([N+](=O)[O-])ccc1NC(=O)CN(C)Cc1cccc(F)c1. The summed E-state index contributed by atoms with van der Waals surface area (Å²) in [5.41, 5.74) is 1.90. The highest BCUT2D eigenvalue weighted by molar-refractivity contribution is 5.93. The van der Waals surface area contributed by atoms with Crippen LogP contribution < -0.4 is 5.32 Å². The van der Waals surface area contributed by atoms with Crippen LogP contribution in [0.5, 0.6) is 0 Å². The fourth-order valence-corrected chi connectivity index (χ4v) is 2.34. The van der Waals surface area contributed by atoms with Crippen LogP contribution in [-0.2, 0) is 11.3 Å². The van der Waals surface area contributed by atoms with Gasteiger partial charge in [0.2, 0.25) is 5.91 Å². The number of nitrogens with zero attached hydrogens (tertiary/aromatic N) is 2. The third-order valence-electron chi connectivity index (χ3n) is 3.45. The second-order valence-corrected chi connectivity index (χ2v) is 5.61. The highest BCUT2D eigenvalue weighted by Gasteiger charge is 2.12. The van der Waals surface area contributed by atoms with Crippen LogP contribution in [0, 0.1) is 22.9 Å². The maximum absolute atomic E-state index is 13.2. The van der Waals surface area contributed by atoms with Crippen LogP contribution in [0.4, 0.5) is 15.8 Å². The normalized spacial score (nSPS) is 10.7. The predicted molar refractivity (Wildman–Crippen MR) is 89.2 cm³/mol. The maximum atomic E-state index is 13.2. The minimum Gasteiger partial charge on any atom is -0.325 e. The lowest BCUT2D eigenvalue weighted by molar-refractivity contribution is -0.384. The Labute approximate surface area is 139 Å². The Morgan fingerprint density at radius 3 is 2.67 bits per heavy atom. The van der Waals surface area contributed by atoms with Crippen LogP contribution in [0.2, 0.25) is 0 Å². The van der Waals surface area contributed by atoms with E-state index >= 15 is 0 Å². The van der Waals surface area contributed by atoms with Gasteiger partial charge in [-0.25, -0.2) is 4.39 Å². The molecule has 2 aromatic carbocycles. The Bertz CT molecular complexity index is 764. The standard InChI is InChI=1S/C17H18FN3O3/c1-12-8-15(21(23)24)6-7-16(12)19-17(22)11-20(2)10-13-4-3-5-14(18)9-13/h3-9H,10-11H2,1-2H3,(H,19,22). The highest BCUT2D eigenvalue weighted by atomic mass is 19.1. The van der Waals surface area contributed by atoms with Gasteiger partial charge in [0.15, 0.2) is 0 Å². The van der Waals surface area contributed by atoms with Crippen molar-refractivity contribution in [1.82, 2.24) is 4.90 Å². The van der Waals surface area contributed by atoms with Crippen LogP contribution in [-0.4, -0.2) is 29.3 Å². The molecule has 7 heteroatoms. The number of likely N-dealkylation sites (N-methyl/N-ethyl adjacent to an activating group) is 1. The molecule has 0 fully saturated rings. The van der Waals surface area contributed by atoms with E-state index in [1.807, 2.05) is 0 Å². The van der Waals surface area contributed by atoms with Crippen LogP contribution in [0.25, 0.3) is 0 Å². The number of amides is 1. The molecule has 0 spiro atoms. The molecule has 0 aliphatic carbocycles. The van der Waals surface area contributed by atoms with Crippen molar-refractivity contribution < 1.29 is 14.1 Å². The number of hydrogen-bond donors (Lipinski definition) is 1. The molecule has 0 aliphatic rings. The van der Waals surface area contributed by atoms with Crippen LogP contribution >= 0.6 is 0 Å². The van der Waals surface area contributed by atoms with Gasteiger partial charge < -0.3 is 5.32 Å². The number of nitrogens with one attached hydrogen (secondary N) is 1. The first-order chi connectivity index (χ1) is 11.3. The van der Waals surface area contributed by atoms with Gasteiger partial charge in [0.05, 0.1) is 11.5 Å². The lowest BCUT2D eigenvalue weighted by Crippen LogP contribution is -2.30. The van der Waals surface area contributed by atoms with E-state index in [-0.39, 0.29) is 24.0 Å². The van der Waals surface area contributed by atoms with Gasteiger partial charge in [-0.1, -0.05) is 12.1 Å². The van der Waals surface area contributed by atoms with E-state index in [4.69, 9.17) is 0 Å². The van der Waals surface area contributed by atoms with E-state index in [1.165, 1.54) is 30.3 Å². The lowest BCUT2D eigenvalue weighted by Gasteiger charge is -2.17. The third kappa shape index (κ3) is 4.85. The van der Waals surface area contributed by atoms with Gasteiger partial charge in [-0.05, 0) is 43.3 Å². The molecule has 0 aromatic heterocycles. The van der Waals surface area contributed by atoms with E-state index in [1.54, 1.807) is 31.0 Å². The molecule has 0 saturated carbocycles. The largest absolute Gasteiger partial charge is 0.325 e. The van der Waals surface area contributed by atoms with Crippen molar-refractivity contribution in [3.63, 3.8) is 0 Å². The Kier molecular flexibility index (Phi) is 5.59. The Morgan fingerprint density at radius 2 is 2.04 bits per heavy atom. The summed E-state index contributed by atoms with van der Waals surface area (Å²) in [7, 11) is 1.76.